The highest BCUT2D eigenvalue weighted by Gasteiger charge is 2.05. The fraction of sp³-hybridized carbons (Fsp3) is 0.429. The normalized spacial score (nSPS) is 11.2. The molecule has 1 heterocycles. The molecule has 16 heavy (non-hydrogen) atoms. The predicted molar refractivity (Wildman–Crippen MR) is 66.2 cm³/mol. The summed E-state index contributed by atoms with van der Waals surface area (Å²) in [7, 11) is 0. The van der Waals surface area contributed by atoms with Crippen molar-refractivity contribution in [3.8, 4) is 0 Å². The Kier molecular flexibility index (Phi) is 3.28. The average molecular weight is 219 g/mol. The molecule has 1 aromatic heterocycles. The van der Waals surface area contributed by atoms with Crippen molar-refractivity contribution in [2.45, 2.75) is 39.7 Å². The Morgan fingerprint density at radius 1 is 1.25 bits per heavy atom. The number of rotatable bonds is 4. The van der Waals surface area contributed by atoms with Crippen molar-refractivity contribution in [3.05, 3.63) is 35.8 Å². The summed E-state index contributed by atoms with van der Waals surface area (Å²) in [5.41, 5.74) is 2.25. The Hall–Kier alpha value is -1.31. The number of hydrogen-bond acceptors (Lipinski definition) is 0. The van der Waals surface area contributed by atoms with Gasteiger partial charge in [-0.2, -0.15) is 0 Å². The van der Waals surface area contributed by atoms with Crippen LogP contribution in [-0.4, -0.2) is 4.57 Å². The third kappa shape index (κ3) is 2.11. The minimum atomic E-state index is -0.151. The van der Waals surface area contributed by atoms with Gasteiger partial charge in [0.05, 0.1) is 5.52 Å². The third-order valence-electron chi connectivity index (χ3n) is 3.05. The first-order valence-corrected chi connectivity index (χ1v) is 5.97. The Morgan fingerprint density at radius 3 is 2.81 bits per heavy atom. The van der Waals surface area contributed by atoms with Crippen LogP contribution in [0, 0.1) is 12.7 Å². The van der Waals surface area contributed by atoms with E-state index in [0.29, 0.717) is 0 Å². The molecule has 0 spiro atoms. The third-order valence-corrected chi connectivity index (χ3v) is 3.05. The smallest absolute Gasteiger partial charge is 0.125 e. The quantitative estimate of drug-likeness (QED) is 0.676. The minimum absolute atomic E-state index is 0.151. The molecule has 2 rings (SSSR count). The summed E-state index contributed by atoms with van der Waals surface area (Å²) < 4.78 is 15.4. The number of fused-ring (bicyclic) bond motifs is 1. The summed E-state index contributed by atoms with van der Waals surface area (Å²) >= 11 is 0. The first-order chi connectivity index (χ1) is 7.72. The molecule has 2 aromatic rings. The van der Waals surface area contributed by atoms with E-state index < -0.39 is 0 Å². The summed E-state index contributed by atoms with van der Waals surface area (Å²) in [6.45, 7) is 5.26. The SMILES string of the molecule is CCCCCn1cc(C)c2ccc(F)cc21. The Balaban J connectivity index is 2.33. The molecule has 0 radical (unpaired) electrons. The van der Waals surface area contributed by atoms with Gasteiger partial charge >= 0.3 is 0 Å². The van der Waals surface area contributed by atoms with Gasteiger partial charge < -0.3 is 4.57 Å². The summed E-state index contributed by atoms with van der Waals surface area (Å²) in [5, 5.41) is 1.16. The maximum absolute atomic E-state index is 13.2. The predicted octanol–water partition coefficient (Wildman–Crippen LogP) is 4.28. The zero-order chi connectivity index (χ0) is 11.5. The molecule has 0 unspecified atom stereocenters. The van der Waals surface area contributed by atoms with Crippen molar-refractivity contribution in [3.63, 3.8) is 0 Å². The largest absolute Gasteiger partial charge is 0.347 e. The highest BCUT2D eigenvalue weighted by molar-refractivity contribution is 5.83. The number of nitrogens with zero attached hydrogens (tertiary/aromatic N) is 1. The molecular formula is C14H18FN. The Labute approximate surface area is 95.9 Å². The van der Waals surface area contributed by atoms with E-state index in [1.807, 2.05) is 6.07 Å². The van der Waals surface area contributed by atoms with Gasteiger partial charge in [-0.25, -0.2) is 4.39 Å². The van der Waals surface area contributed by atoms with Crippen LogP contribution in [0.2, 0.25) is 0 Å². The molecule has 0 aliphatic rings. The van der Waals surface area contributed by atoms with Gasteiger partial charge in [0.2, 0.25) is 0 Å². The second kappa shape index (κ2) is 4.69. The van der Waals surface area contributed by atoms with Gasteiger partial charge in [-0.1, -0.05) is 19.8 Å². The lowest BCUT2D eigenvalue weighted by atomic mass is 10.2. The van der Waals surface area contributed by atoms with Crippen molar-refractivity contribution >= 4 is 10.9 Å². The topological polar surface area (TPSA) is 4.93 Å². The van der Waals surface area contributed by atoms with Crippen LogP contribution in [0.25, 0.3) is 10.9 Å². The monoisotopic (exact) mass is 219 g/mol. The van der Waals surface area contributed by atoms with Gasteiger partial charge in [0.15, 0.2) is 0 Å². The molecule has 0 aliphatic heterocycles. The average Bonchev–Trinajstić information content (AvgIpc) is 2.56. The zero-order valence-corrected chi connectivity index (χ0v) is 9.96. The van der Waals surface area contributed by atoms with E-state index in [4.69, 9.17) is 0 Å². The van der Waals surface area contributed by atoms with Crippen molar-refractivity contribution in [1.29, 1.82) is 0 Å². The second-order valence-electron chi connectivity index (χ2n) is 4.37. The van der Waals surface area contributed by atoms with Crippen LogP contribution in [-0.2, 0) is 6.54 Å². The molecule has 2 heteroatoms. The van der Waals surface area contributed by atoms with Crippen molar-refractivity contribution < 1.29 is 4.39 Å². The fourth-order valence-corrected chi connectivity index (χ4v) is 2.17. The lowest BCUT2D eigenvalue weighted by molar-refractivity contribution is 0.609. The second-order valence-corrected chi connectivity index (χ2v) is 4.37. The van der Waals surface area contributed by atoms with Crippen LogP contribution in [0.3, 0.4) is 0 Å². The first-order valence-electron chi connectivity index (χ1n) is 5.97. The molecular weight excluding hydrogens is 201 g/mol. The molecule has 1 aromatic carbocycles. The van der Waals surface area contributed by atoms with E-state index in [1.165, 1.54) is 24.5 Å². The molecule has 0 saturated heterocycles. The maximum atomic E-state index is 13.2. The van der Waals surface area contributed by atoms with Gasteiger partial charge in [0.25, 0.3) is 0 Å². The van der Waals surface area contributed by atoms with Gasteiger partial charge in [0.1, 0.15) is 5.82 Å². The number of halogens is 1. The summed E-state index contributed by atoms with van der Waals surface area (Å²) in [5.74, 6) is -0.151. The molecule has 0 saturated carbocycles. The van der Waals surface area contributed by atoms with E-state index >= 15 is 0 Å². The highest BCUT2D eigenvalue weighted by Crippen LogP contribution is 2.22. The van der Waals surface area contributed by atoms with Crippen LogP contribution in [0.5, 0.6) is 0 Å². The van der Waals surface area contributed by atoms with Gasteiger partial charge in [-0.3, -0.25) is 0 Å². The molecule has 0 atom stereocenters. The number of aromatic nitrogens is 1. The van der Waals surface area contributed by atoms with Gasteiger partial charge in [-0.05, 0) is 37.1 Å². The Morgan fingerprint density at radius 2 is 2.06 bits per heavy atom. The van der Waals surface area contributed by atoms with Gasteiger partial charge in [0, 0.05) is 18.1 Å². The van der Waals surface area contributed by atoms with E-state index in [0.717, 1.165) is 23.9 Å². The lowest BCUT2D eigenvalue weighted by Gasteiger charge is -2.04. The van der Waals surface area contributed by atoms with E-state index in [9.17, 15) is 4.39 Å². The van der Waals surface area contributed by atoms with E-state index in [1.54, 1.807) is 6.07 Å². The summed E-state index contributed by atoms with van der Waals surface area (Å²) in [4.78, 5) is 0. The van der Waals surface area contributed by atoms with E-state index in [-0.39, 0.29) is 5.82 Å². The van der Waals surface area contributed by atoms with Crippen LogP contribution < -0.4 is 0 Å². The molecule has 1 nitrogen and oxygen atoms in total. The first kappa shape index (κ1) is 11.2. The summed E-state index contributed by atoms with van der Waals surface area (Å²) in [6, 6.07) is 5.04. The van der Waals surface area contributed by atoms with Crippen LogP contribution in [0.15, 0.2) is 24.4 Å². The molecule has 0 fully saturated rings. The maximum Gasteiger partial charge on any atom is 0.125 e. The number of unbranched alkanes of at least 4 members (excludes halogenated alkanes) is 2. The number of hydrogen-bond donors (Lipinski definition) is 0. The summed E-state index contributed by atoms with van der Waals surface area (Å²) in [6.07, 6.45) is 5.73. The highest BCUT2D eigenvalue weighted by atomic mass is 19.1. The zero-order valence-electron chi connectivity index (χ0n) is 9.96. The van der Waals surface area contributed by atoms with Crippen LogP contribution >= 0.6 is 0 Å². The lowest BCUT2D eigenvalue weighted by Crippen LogP contribution is -1.95. The van der Waals surface area contributed by atoms with E-state index in [2.05, 4.69) is 24.6 Å². The standard InChI is InChI=1S/C14H18FN/c1-3-4-5-8-16-10-11(2)13-7-6-12(15)9-14(13)16/h6-7,9-10H,3-5,8H2,1-2H3. The molecule has 86 valence electrons. The number of benzene rings is 1. The van der Waals surface area contributed by atoms with Gasteiger partial charge in [-0.15, -0.1) is 0 Å². The van der Waals surface area contributed by atoms with Crippen LogP contribution in [0.4, 0.5) is 4.39 Å². The minimum Gasteiger partial charge on any atom is -0.347 e. The Bertz CT molecular complexity index is 485. The van der Waals surface area contributed by atoms with Crippen molar-refractivity contribution in [2.75, 3.05) is 0 Å². The molecule has 0 N–H and O–H groups in total. The molecule has 0 amide bonds. The molecule has 0 aliphatic carbocycles. The van der Waals surface area contributed by atoms with Crippen molar-refractivity contribution in [2.24, 2.45) is 0 Å². The van der Waals surface area contributed by atoms with Crippen LogP contribution in [0.1, 0.15) is 31.7 Å². The number of aryl methyl sites for hydroxylation is 2. The molecule has 0 bridgehead atoms. The fourth-order valence-electron chi connectivity index (χ4n) is 2.17. The van der Waals surface area contributed by atoms with Crippen molar-refractivity contribution in [1.82, 2.24) is 4.57 Å².